The lowest BCUT2D eigenvalue weighted by Crippen LogP contribution is -2.20. The van der Waals surface area contributed by atoms with Crippen molar-refractivity contribution in [3.63, 3.8) is 0 Å². The van der Waals surface area contributed by atoms with E-state index in [4.69, 9.17) is 11.6 Å². The second-order valence-electron chi connectivity index (χ2n) is 6.92. The summed E-state index contributed by atoms with van der Waals surface area (Å²) >= 11 is 6.06. The maximum Gasteiger partial charge on any atom is 0.123 e. The lowest BCUT2D eigenvalue weighted by Gasteiger charge is -2.22. The zero-order chi connectivity index (χ0) is 17.9. The third-order valence-electron chi connectivity index (χ3n) is 5.19. The molecule has 0 N–H and O–H groups in total. The van der Waals surface area contributed by atoms with Gasteiger partial charge in [-0.15, -0.1) is 0 Å². The summed E-state index contributed by atoms with van der Waals surface area (Å²) in [6.07, 6.45) is 0.987. The molecular formula is C23H21ClFN. The SMILES string of the molecule is Fc1ccc([C@H](CCN2Cc3ccccc3C2)c2ccc(Cl)cc2)cc1. The van der Waals surface area contributed by atoms with E-state index in [0.29, 0.717) is 0 Å². The molecule has 0 saturated carbocycles. The summed E-state index contributed by atoms with van der Waals surface area (Å²) in [5.41, 5.74) is 5.22. The van der Waals surface area contributed by atoms with E-state index >= 15 is 0 Å². The molecule has 1 nitrogen and oxygen atoms in total. The first kappa shape index (κ1) is 17.3. The normalized spacial score (nSPS) is 15.0. The van der Waals surface area contributed by atoms with E-state index in [9.17, 15) is 4.39 Å². The number of rotatable bonds is 5. The maximum absolute atomic E-state index is 13.4. The van der Waals surface area contributed by atoms with Crippen molar-refractivity contribution in [1.29, 1.82) is 0 Å². The van der Waals surface area contributed by atoms with Gasteiger partial charge < -0.3 is 0 Å². The molecule has 3 aromatic carbocycles. The van der Waals surface area contributed by atoms with Gasteiger partial charge in [0.15, 0.2) is 0 Å². The fraction of sp³-hybridized carbons (Fsp3) is 0.217. The lowest BCUT2D eigenvalue weighted by molar-refractivity contribution is 0.275. The van der Waals surface area contributed by atoms with Gasteiger partial charge in [-0.3, -0.25) is 4.90 Å². The molecule has 0 amide bonds. The Balaban J connectivity index is 1.52. The van der Waals surface area contributed by atoms with Crippen molar-refractivity contribution in [2.45, 2.75) is 25.4 Å². The van der Waals surface area contributed by atoms with Crippen molar-refractivity contribution in [1.82, 2.24) is 4.90 Å². The first-order valence-electron chi connectivity index (χ1n) is 8.99. The Bertz CT molecular complexity index is 803. The van der Waals surface area contributed by atoms with Crippen molar-refractivity contribution in [2.75, 3.05) is 6.54 Å². The Labute approximate surface area is 159 Å². The van der Waals surface area contributed by atoms with Crippen LogP contribution in [-0.4, -0.2) is 11.4 Å². The third kappa shape index (κ3) is 3.82. The number of benzene rings is 3. The van der Waals surface area contributed by atoms with Crippen LogP contribution in [0.1, 0.15) is 34.6 Å². The number of hydrogen-bond donors (Lipinski definition) is 0. The van der Waals surface area contributed by atoms with Gasteiger partial charge in [-0.2, -0.15) is 0 Å². The van der Waals surface area contributed by atoms with Crippen LogP contribution in [0.15, 0.2) is 72.8 Å². The highest BCUT2D eigenvalue weighted by Gasteiger charge is 2.21. The van der Waals surface area contributed by atoms with Gasteiger partial charge in [0.1, 0.15) is 5.82 Å². The predicted octanol–water partition coefficient (Wildman–Crippen LogP) is 6.02. The van der Waals surface area contributed by atoms with Gasteiger partial charge in [-0.1, -0.05) is 60.1 Å². The van der Waals surface area contributed by atoms with Gasteiger partial charge >= 0.3 is 0 Å². The Morgan fingerprint density at radius 1 is 0.808 bits per heavy atom. The minimum Gasteiger partial charge on any atom is -0.295 e. The average molecular weight is 366 g/mol. The van der Waals surface area contributed by atoms with Gasteiger partial charge in [-0.05, 0) is 59.5 Å². The van der Waals surface area contributed by atoms with E-state index in [1.807, 2.05) is 24.3 Å². The van der Waals surface area contributed by atoms with Crippen molar-refractivity contribution < 1.29 is 4.39 Å². The topological polar surface area (TPSA) is 3.24 Å². The predicted molar refractivity (Wildman–Crippen MR) is 105 cm³/mol. The maximum atomic E-state index is 13.4. The van der Waals surface area contributed by atoms with E-state index in [-0.39, 0.29) is 11.7 Å². The molecule has 1 heterocycles. The molecule has 0 spiro atoms. The fourth-order valence-electron chi connectivity index (χ4n) is 3.79. The molecular weight excluding hydrogens is 345 g/mol. The highest BCUT2D eigenvalue weighted by molar-refractivity contribution is 6.30. The van der Waals surface area contributed by atoms with Crippen LogP contribution in [0.5, 0.6) is 0 Å². The van der Waals surface area contributed by atoms with Crippen molar-refractivity contribution >= 4 is 11.6 Å². The molecule has 3 heteroatoms. The van der Waals surface area contributed by atoms with E-state index in [1.54, 1.807) is 12.1 Å². The molecule has 0 radical (unpaired) electrons. The van der Waals surface area contributed by atoms with Crippen LogP contribution in [0.4, 0.5) is 4.39 Å². The largest absolute Gasteiger partial charge is 0.295 e. The standard InChI is InChI=1S/C23H21ClFN/c24-21-9-5-17(6-10-21)23(18-7-11-22(25)12-8-18)13-14-26-15-19-3-1-2-4-20(19)16-26/h1-12,23H,13-16H2/t23-/m1/s1. The zero-order valence-electron chi connectivity index (χ0n) is 14.5. The summed E-state index contributed by atoms with van der Waals surface area (Å²) in [5, 5.41) is 0.738. The van der Waals surface area contributed by atoms with Crippen LogP contribution in [0.2, 0.25) is 5.02 Å². The first-order chi connectivity index (χ1) is 12.7. The highest BCUT2D eigenvalue weighted by Crippen LogP contribution is 2.31. The molecule has 4 rings (SSSR count). The summed E-state index contributed by atoms with van der Waals surface area (Å²) in [4.78, 5) is 2.48. The Kier molecular flexibility index (Phi) is 5.05. The Morgan fingerprint density at radius 3 is 1.92 bits per heavy atom. The van der Waals surface area contributed by atoms with Crippen LogP contribution in [0, 0.1) is 5.82 Å². The van der Waals surface area contributed by atoms with Crippen LogP contribution >= 0.6 is 11.6 Å². The highest BCUT2D eigenvalue weighted by atomic mass is 35.5. The number of hydrogen-bond acceptors (Lipinski definition) is 1. The quantitative estimate of drug-likeness (QED) is 0.534. The van der Waals surface area contributed by atoms with E-state index in [0.717, 1.165) is 36.6 Å². The Hall–Kier alpha value is -2.16. The molecule has 3 aromatic rings. The molecule has 0 unspecified atom stereocenters. The summed E-state index contributed by atoms with van der Waals surface area (Å²) < 4.78 is 13.4. The molecule has 0 aliphatic carbocycles. The second kappa shape index (κ2) is 7.61. The van der Waals surface area contributed by atoms with E-state index in [2.05, 4.69) is 41.3 Å². The summed E-state index contributed by atoms with van der Waals surface area (Å²) in [7, 11) is 0. The summed E-state index contributed by atoms with van der Waals surface area (Å²) in [6.45, 7) is 3.01. The smallest absolute Gasteiger partial charge is 0.123 e. The van der Waals surface area contributed by atoms with E-state index < -0.39 is 0 Å². The fourth-order valence-corrected chi connectivity index (χ4v) is 3.92. The molecule has 26 heavy (non-hydrogen) atoms. The van der Waals surface area contributed by atoms with Crippen molar-refractivity contribution in [2.24, 2.45) is 0 Å². The third-order valence-corrected chi connectivity index (χ3v) is 5.44. The number of fused-ring (bicyclic) bond motifs is 1. The average Bonchev–Trinajstić information content (AvgIpc) is 3.07. The van der Waals surface area contributed by atoms with Gasteiger partial charge in [0.25, 0.3) is 0 Å². The van der Waals surface area contributed by atoms with Crippen molar-refractivity contribution in [3.8, 4) is 0 Å². The Morgan fingerprint density at radius 2 is 1.35 bits per heavy atom. The van der Waals surface area contributed by atoms with Crippen LogP contribution in [0.25, 0.3) is 0 Å². The molecule has 0 bridgehead atoms. The van der Waals surface area contributed by atoms with Crippen LogP contribution < -0.4 is 0 Å². The molecule has 132 valence electrons. The minimum absolute atomic E-state index is 0.196. The van der Waals surface area contributed by atoms with Gasteiger partial charge in [-0.25, -0.2) is 4.39 Å². The number of nitrogens with zero attached hydrogens (tertiary/aromatic N) is 1. The molecule has 0 aromatic heterocycles. The molecule has 0 fully saturated rings. The van der Waals surface area contributed by atoms with E-state index in [1.165, 1.54) is 16.7 Å². The summed E-state index contributed by atoms with van der Waals surface area (Å²) in [5.74, 6) is 0.0372. The first-order valence-corrected chi connectivity index (χ1v) is 9.37. The van der Waals surface area contributed by atoms with Crippen LogP contribution in [0.3, 0.4) is 0 Å². The van der Waals surface area contributed by atoms with Crippen LogP contribution in [-0.2, 0) is 13.1 Å². The number of halogens is 2. The molecule has 1 aliphatic rings. The summed E-state index contributed by atoms with van der Waals surface area (Å²) in [6, 6.07) is 23.5. The molecule has 1 atom stereocenters. The van der Waals surface area contributed by atoms with Crippen molar-refractivity contribution in [3.05, 3.63) is 106 Å². The minimum atomic E-state index is -0.196. The van der Waals surface area contributed by atoms with Gasteiger partial charge in [0.05, 0.1) is 0 Å². The molecule has 0 saturated heterocycles. The molecule has 1 aliphatic heterocycles. The monoisotopic (exact) mass is 365 g/mol. The zero-order valence-corrected chi connectivity index (χ0v) is 15.3. The lowest BCUT2D eigenvalue weighted by atomic mass is 9.88. The van der Waals surface area contributed by atoms with Gasteiger partial charge in [0.2, 0.25) is 0 Å². The second-order valence-corrected chi connectivity index (χ2v) is 7.36. The van der Waals surface area contributed by atoms with Gasteiger partial charge in [0, 0.05) is 24.0 Å².